The van der Waals surface area contributed by atoms with Crippen LogP contribution in [0.5, 0.6) is 0 Å². The highest BCUT2D eigenvalue weighted by molar-refractivity contribution is 7.18. The molecule has 0 spiro atoms. The van der Waals surface area contributed by atoms with Crippen LogP contribution in [0.15, 0.2) is 41.1 Å². The lowest BCUT2D eigenvalue weighted by Crippen LogP contribution is -2.53. The molecule has 2 saturated heterocycles. The lowest BCUT2D eigenvalue weighted by atomic mass is 9.77. The van der Waals surface area contributed by atoms with Gasteiger partial charge >= 0.3 is 0 Å². The average molecular weight is 629 g/mol. The molecule has 3 N–H and O–H groups in total. The van der Waals surface area contributed by atoms with Crippen LogP contribution >= 0.6 is 22.7 Å². The summed E-state index contributed by atoms with van der Waals surface area (Å²) in [4.78, 5) is 34.3. The maximum Gasteiger partial charge on any atom is 0.225 e. The molecule has 3 unspecified atom stereocenters. The van der Waals surface area contributed by atoms with Gasteiger partial charge in [0.15, 0.2) is 0 Å². The van der Waals surface area contributed by atoms with Gasteiger partial charge in [-0.3, -0.25) is 14.5 Å². The Kier molecular flexibility index (Phi) is 7.74. The van der Waals surface area contributed by atoms with Gasteiger partial charge < -0.3 is 15.6 Å². The summed E-state index contributed by atoms with van der Waals surface area (Å²) in [6, 6.07) is 11.6. The molecule has 44 heavy (non-hydrogen) atoms. The standard InChI is InChI=1S/C36H44N4O2S2/c1-20-10-21(2)12-24(11-20)32-31(22(3)15-37-33(41)25-17-40(18-25)16-23-8-9-43-19-23)27-13-30(44-35(27)39-32)36(4,5)14-28-26-6-7-29(28)38-34(26)42/h8-13,19,22,25-26,28-29,39H,6-7,14-18H2,1-5H3,(H,37,41)(H,38,42)/t22-,26?,28?,29?/m1/s1. The first-order chi connectivity index (χ1) is 21.1. The highest BCUT2D eigenvalue weighted by Crippen LogP contribution is 2.48. The predicted octanol–water partition coefficient (Wildman–Crippen LogP) is 7.12. The maximum atomic E-state index is 13.2. The van der Waals surface area contributed by atoms with Crippen molar-refractivity contribution >= 4 is 44.7 Å². The Hall–Kier alpha value is -2.94. The number of rotatable bonds is 10. The van der Waals surface area contributed by atoms with Crippen LogP contribution in [0.4, 0.5) is 0 Å². The van der Waals surface area contributed by atoms with Gasteiger partial charge in [0.1, 0.15) is 4.83 Å². The van der Waals surface area contributed by atoms with Crippen LogP contribution in [0, 0.1) is 31.6 Å². The van der Waals surface area contributed by atoms with Crippen molar-refractivity contribution in [3.63, 3.8) is 0 Å². The van der Waals surface area contributed by atoms with E-state index >= 15 is 0 Å². The van der Waals surface area contributed by atoms with E-state index in [-0.39, 0.29) is 35.0 Å². The molecular formula is C36H44N4O2S2. The molecule has 3 aliphatic rings. The average Bonchev–Trinajstić information content (AvgIpc) is 3.76. The van der Waals surface area contributed by atoms with Crippen molar-refractivity contribution in [2.45, 2.75) is 77.8 Å². The van der Waals surface area contributed by atoms with Crippen molar-refractivity contribution in [1.29, 1.82) is 0 Å². The number of fused-ring (bicyclic) bond motifs is 3. The van der Waals surface area contributed by atoms with Gasteiger partial charge in [-0.15, -0.1) is 11.3 Å². The summed E-state index contributed by atoms with van der Waals surface area (Å²) >= 11 is 3.58. The summed E-state index contributed by atoms with van der Waals surface area (Å²) in [5.41, 5.74) is 7.45. The van der Waals surface area contributed by atoms with Gasteiger partial charge in [0.25, 0.3) is 0 Å². The van der Waals surface area contributed by atoms with Crippen LogP contribution in [-0.4, -0.2) is 47.4 Å². The van der Waals surface area contributed by atoms with E-state index in [1.807, 2.05) is 11.3 Å². The normalized spacial score (nSPS) is 22.8. The van der Waals surface area contributed by atoms with E-state index < -0.39 is 0 Å². The number of carbonyl (C=O) groups is 2. The fourth-order valence-electron chi connectivity index (χ4n) is 8.03. The van der Waals surface area contributed by atoms with Crippen molar-refractivity contribution in [2.24, 2.45) is 17.8 Å². The molecule has 5 heterocycles. The minimum Gasteiger partial charge on any atom is -0.355 e. The Labute approximate surface area is 268 Å². The molecule has 8 heteroatoms. The van der Waals surface area contributed by atoms with E-state index in [0.29, 0.717) is 18.5 Å². The number of likely N-dealkylation sites (tertiary alicyclic amines) is 1. The van der Waals surface area contributed by atoms with Gasteiger partial charge in [0, 0.05) is 54.3 Å². The smallest absolute Gasteiger partial charge is 0.225 e. The van der Waals surface area contributed by atoms with Crippen LogP contribution < -0.4 is 10.6 Å². The Morgan fingerprint density at radius 3 is 2.57 bits per heavy atom. The lowest BCUT2D eigenvalue weighted by molar-refractivity contribution is -0.130. The number of piperidine rings is 1. The first-order valence-electron chi connectivity index (χ1n) is 16.1. The molecule has 2 aliphatic heterocycles. The fourth-order valence-corrected chi connectivity index (χ4v) is 9.88. The molecule has 4 aromatic rings. The number of nitrogens with one attached hydrogen (secondary N) is 3. The second-order valence-corrected chi connectivity index (χ2v) is 16.2. The fraction of sp³-hybridized carbons (Fsp3) is 0.500. The molecule has 4 atom stereocenters. The third-order valence-electron chi connectivity index (χ3n) is 10.3. The summed E-state index contributed by atoms with van der Waals surface area (Å²) in [6.07, 6.45) is 3.16. The van der Waals surface area contributed by atoms with E-state index in [4.69, 9.17) is 0 Å². The van der Waals surface area contributed by atoms with Crippen LogP contribution in [0.25, 0.3) is 21.5 Å². The summed E-state index contributed by atoms with van der Waals surface area (Å²) in [6.45, 7) is 14.4. The minimum absolute atomic E-state index is 0.0315. The van der Waals surface area contributed by atoms with Gasteiger partial charge in [-0.05, 0) is 96.2 Å². The van der Waals surface area contributed by atoms with Crippen LogP contribution in [0.1, 0.15) is 73.1 Å². The minimum atomic E-state index is -0.0315. The SMILES string of the molecule is Cc1cc(C)cc(-c2[nH]c3sc(C(C)(C)CC4C5CCC4C(=O)N5)cc3c2[C@H](C)CNC(=O)C2CN(Cc3ccsc3)C2)c1. The third-order valence-corrected chi connectivity index (χ3v) is 12.5. The Morgan fingerprint density at radius 2 is 1.91 bits per heavy atom. The zero-order chi connectivity index (χ0) is 30.7. The molecule has 7 rings (SSSR count). The second-order valence-electron chi connectivity index (χ2n) is 14.4. The highest BCUT2D eigenvalue weighted by atomic mass is 32.1. The van der Waals surface area contributed by atoms with Crippen molar-refractivity contribution in [3.05, 3.63) is 68.2 Å². The number of hydrogen-bond donors (Lipinski definition) is 3. The molecule has 2 bridgehead atoms. The molecule has 2 amide bonds. The Balaban J connectivity index is 1.12. The topological polar surface area (TPSA) is 77.2 Å². The molecule has 6 nitrogen and oxygen atoms in total. The van der Waals surface area contributed by atoms with Crippen molar-refractivity contribution in [1.82, 2.24) is 20.5 Å². The number of nitrogens with zero attached hydrogens (tertiary/aromatic N) is 1. The third kappa shape index (κ3) is 5.54. The van der Waals surface area contributed by atoms with Crippen molar-refractivity contribution in [2.75, 3.05) is 19.6 Å². The number of carbonyl (C=O) groups excluding carboxylic acids is 2. The molecule has 1 aromatic carbocycles. The lowest BCUT2D eigenvalue weighted by Gasteiger charge is -2.38. The number of aromatic nitrogens is 1. The van der Waals surface area contributed by atoms with E-state index in [9.17, 15) is 9.59 Å². The summed E-state index contributed by atoms with van der Waals surface area (Å²) < 4.78 is 0. The van der Waals surface area contributed by atoms with E-state index in [2.05, 4.69) is 96.2 Å². The number of thiophene rings is 2. The molecule has 0 radical (unpaired) electrons. The number of benzene rings is 1. The van der Waals surface area contributed by atoms with Gasteiger partial charge in [-0.1, -0.05) is 38.0 Å². The summed E-state index contributed by atoms with van der Waals surface area (Å²) in [5.74, 6) is 1.23. The zero-order valence-electron chi connectivity index (χ0n) is 26.5. The molecule has 1 saturated carbocycles. The monoisotopic (exact) mass is 628 g/mol. The molecule has 3 fully saturated rings. The van der Waals surface area contributed by atoms with E-state index in [1.165, 1.54) is 48.6 Å². The van der Waals surface area contributed by atoms with Crippen LogP contribution in [0.3, 0.4) is 0 Å². The van der Waals surface area contributed by atoms with Crippen LogP contribution in [-0.2, 0) is 21.5 Å². The maximum absolute atomic E-state index is 13.2. The van der Waals surface area contributed by atoms with Crippen molar-refractivity contribution in [3.8, 4) is 11.3 Å². The zero-order valence-corrected chi connectivity index (χ0v) is 28.1. The number of aromatic amines is 1. The largest absolute Gasteiger partial charge is 0.355 e. The number of H-pyrrole nitrogens is 1. The van der Waals surface area contributed by atoms with Gasteiger partial charge in [-0.2, -0.15) is 11.3 Å². The number of aryl methyl sites for hydroxylation is 2. The number of amides is 2. The van der Waals surface area contributed by atoms with E-state index in [0.717, 1.165) is 38.9 Å². The molecular weight excluding hydrogens is 585 g/mol. The van der Waals surface area contributed by atoms with Gasteiger partial charge in [0.05, 0.1) is 11.6 Å². The van der Waals surface area contributed by atoms with Gasteiger partial charge in [0.2, 0.25) is 11.8 Å². The second kappa shape index (κ2) is 11.5. The highest BCUT2D eigenvalue weighted by Gasteiger charge is 2.49. The predicted molar refractivity (Wildman–Crippen MR) is 181 cm³/mol. The quantitative estimate of drug-likeness (QED) is 0.175. The Bertz CT molecular complexity index is 1670. The first kappa shape index (κ1) is 29.8. The van der Waals surface area contributed by atoms with Gasteiger partial charge in [-0.25, -0.2) is 0 Å². The van der Waals surface area contributed by atoms with E-state index in [1.54, 1.807) is 11.3 Å². The molecule has 1 aliphatic carbocycles. The number of hydrogen-bond acceptors (Lipinski definition) is 5. The first-order valence-corrected chi connectivity index (χ1v) is 17.9. The van der Waals surface area contributed by atoms with Crippen molar-refractivity contribution < 1.29 is 9.59 Å². The Morgan fingerprint density at radius 1 is 1.14 bits per heavy atom. The summed E-state index contributed by atoms with van der Waals surface area (Å²) in [7, 11) is 0. The molecule has 232 valence electrons. The van der Waals surface area contributed by atoms with Crippen LogP contribution in [0.2, 0.25) is 0 Å². The molecule has 3 aromatic heterocycles. The summed E-state index contributed by atoms with van der Waals surface area (Å²) in [5, 5.41) is 12.1.